The largest absolute Gasteiger partial charge is 0.358 e. The Bertz CT molecular complexity index is 899. The number of rotatable bonds is 8. The number of carbonyl (C=O) groups is 2. The zero-order chi connectivity index (χ0) is 20.2. The molecule has 0 radical (unpaired) electrons. The summed E-state index contributed by atoms with van der Waals surface area (Å²) in [5.41, 5.74) is 2.84. The molecule has 0 aliphatic carbocycles. The van der Waals surface area contributed by atoms with Gasteiger partial charge in [0, 0.05) is 12.1 Å². The molecule has 0 saturated carbocycles. The second-order valence-corrected chi connectivity index (χ2v) is 7.92. The highest BCUT2D eigenvalue weighted by molar-refractivity contribution is 6.22. The van der Waals surface area contributed by atoms with E-state index in [2.05, 4.69) is 22.2 Å². The van der Waals surface area contributed by atoms with Crippen molar-refractivity contribution in [2.24, 2.45) is 0 Å². The predicted molar refractivity (Wildman–Crippen MR) is 109 cm³/mol. The highest BCUT2D eigenvalue weighted by atomic mass is 16.7. The fourth-order valence-corrected chi connectivity index (χ4v) is 4.12. The summed E-state index contributed by atoms with van der Waals surface area (Å²) in [5.74, 6) is -0.155. The van der Waals surface area contributed by atoms with Crippen molar-refractivity contribution in [1.82, 2.24) is 20.2 Å². The van der Waals surface area contributed by atoms with Gasteiger partial charge >= 0.3 is 0 Å². The molecule has 2 aliphatic heterocycles. The summed E-state index contributed by atoms with van der Waals surface area (Å²) < 4.78 is 0. The molecule has 1 N–H and O–H groups in total. The van der Waals surface area contributed by atoms with Gasteiger partial charge in [-0.05, 0) is 56.5 Å². The first-order valence-electron chi connectivity index (χ1n) is 10.6. The fraction of sp³-hybridized carbons (Fsp3) is 0.500. The lowest BCUT2D eigenvalue weighted by molar-refractivity contribution is 0.0879. The number of likely N-dealkylation sites (tertiary alicyclic amines) is 1. The zero-order valence-corrected chi connectivity index (χ0v) is 16.9. The van der Waals surface area contributed by atoms with Crippen molar-refractivity contribution in [2.45, 2.75) is 58.4 Å². The van der Waals surface area contributed by atoms with Crippen LogP contribution in [0.25, 0.3) is 0 Å². The topological polar surface area (TPSA) is 76.5 Å². The Kier molecular flexibility index (Phi) is 5.94. The third-order valence-electron chi connectivity index (χ3n) is 5.61. The summed E-state index contributed by atoms with van der Waals surface area (Å²) >= 11 is 0. The molecule has 1 fully saturated rings. The molecule has 0 unspecified atom stereocenters. The Hall–Kier alpha value is -2.67. The van der Waals surface area contributed by atoms with E-state index in [0.717, 1.165) is 56.4 Å². The van der Waals surface area contributed by atoms with Crippen LogP contribution >= 0.6 is 0 Å². The van der Waals surface area contributed by atoms with E-state index in [1.165, 1.54) is 24.1 Å². The maximum absolute atomic E-state index is 12.2. The lowest BCUT2D eigenvalue weighted by Gasteiger charge is -2.25. The van der Waals surface area contributed by atoms with Gasteiger partial charge < -0.3 is 4.84 Å². The molecule has 0 atom stereocenters. The van der Waals surface area contributed by atoms with Crippen molar-refractivity contribution in [3.05, 3.63) is 46.8 Å². The molecule has 7 nitrogen and oxygen atoms in total. The molecular formula is C22H28N4O3. The number of amides is 2. The summed E-state index contributed by atoms with van der Waals surface area (Å²) in [4.78, 5) is 34.1. The highest BCUT2D eigenvalue weighted by Gasteiger charge is 2.30. The van der Waals surface area contributed by atoms with Gasteiger partial charge in [-0.1, -0.05) is 26.2 Å². The number of unbranched alkanes of at least 4 members (excludes halogenated alkanes) is 2. The van der Waals surface area contributed by atoms with E-state index in [0.29, 0.717) is 16.9 Å². The zero-order valence-electron chi connectivity index (χ0n) is 16.9. The van der Waals surface area contributed by atoms with Crippen molar-refractivity contribution < 1.29 is 14.4 Å². The van der Waals surface area contributed by atoms with E-state index in [9.17, 15) is 9.59 Å². The second kappa shape index (κ2) is 8.78. The van der Waals surface area contributed by atoms with Crippen molar-refractivity contribution in [3.8, 4) is 5.75 Å². The van der Waals surface area contributed by atoms with Crippen LogP contribution in [0.5, 0.6) is 5.75 Å². The third-order valence-corrected chi connectivity index (χ3v) is 5.61. The summed E-state index contributed by atoms with van der Waals surface area (Å²) in [6, 6.07) is 3.49. The lowest BCUT2D eigenvalue weighted by atomic mass is 9.97. The lowest BCUT2D eigenvalue weighted by Crippen LogP contribution is -2.28. The number of carbonyl (C=O) groups excluding carboxylic acids is 2. The van der Waals surface area contributed by atoms with Crippen LogP contribution in [0.3, 0.4) is 0 Å². The number of aryl methyl sites for hydroxylation is 1. The number of imide groups is 1. The van der Waals surface area contributed by atoms with E-state index in [-0.39, 0.29) is 11.8 Å². The van der Waals surface area contributed by atoms with Crippen molar-refractivity contribution in [2.75, 3.05) is 13.1 Å². The number of hydrogen-bond donors (Lipinski definition) is 1. The van der Waals surface area contributed by atoms with Crippen LogP contribution in [-0.4, -0.2) is 39.7 Å². The Morgan fingerprint density at radius 1 is 1.10 bits per heavy atom. The molecule has 29 heavy (non-hydrogen) atoms. The molecule has 1 aromatic carbocycles. The molecule has 0 spiro atoms. The average Bonchev–Trinajstić information content (AvgIpc) is 3.26. The third kappa shape index (κ3) is 4.50. The highest BCUT2D eigenvalue weighted by Crippen LogP contribution is 2.28. The number of benzene rings is 1. The molecule has 2 aromatic rings. The van der Waals surface area contributed by atoms with Gasteiger partial charge in [-0.15, -0.1) is 9.94 Å². The normalized spacial score (nSPS) is 16.7. The van der Waals surface area contributed by atoms with Gasteiger partial charge in [0.05, 0.1) is 23.5 Å². The van der Waals surface area contributed by atoms with Crippen LogP contribution in [0.15, 0.2) is 24.5 Å². The van der Waals surface area contributed by atoms with Crippen LogP contribution in [0, 0.1) is 0 Å². The van der Waals surface area contributed by atoms with Crippen LogP contribution in [0.2, 0.25) is 0 Å². The van der Waals surface area contributed by atoms with Gasteiger partial charge in [0.1, 0.15) is 0 Å². The van der Waals surface area contributed by atoms with Gasteiger partial charge in [0.25, 0.3) is 11.8 Å². The van der Waals surface area contributed by atoms with E-state index in [1.807, 2.05) is 18.5 Å². The number of piperidine rings is 1. The molecule has 2 aliphatic rings. The minimum Gasteiger partial charge on any atom is -0.358 e. The number of hydrogen-bond acceptors (Lipinski definition) is 5. The number of nitrogens with one attached hydrogen (secondary N) is 1. The van der Waals surface area contributed by atoms with Crippen molar-refractivity contribution >= 4 is 11.8 Å². The number of fused-ring (bicyclic) bond motifs is 1. The minimum atomic E-state index is -0.363. The summed E-state index contributed by atoms with van der Waals surface area (Å²) in [7, 11) is 0. The van der Waals surface area contributed by atoms with Crippen LogP contribution in [-0.2, 0) is 13.0 Å². The van der Waals surface area contributed by atoms with Crippen LogP contribution in [0.1, 0.15) is 77.3 Å². The van der Waals surface area contributed by atoms with Gasteiger partial charge in [-0.2, -0.15) is 0 Å². The summed E-state index contributed by atoms with van der Waals surface area (Å²) in [6.45, 7) is 5.26. The first kappa shape index (κ1) is 19.6. The SMILES string of the molecule is CCCCCc1cc(On2cc(CN3CCCCC3)cn2)cc2c1C(=O)NC2=O. The van der Waals surface area contributed by atoms with E-state index in [4.69, 9.17) is 4.84 Å². The molecule has 7 heteroatoms. The van der Waals surface area contributed by atoms with Gasteiger partial charge in [-0.3, -0.25) is 19.8 Å². The van der Waals surface area contributed by atoms with Gasteiger partial charge in [-0.25, -0.2) is 0 Å². The standard InChI is InChI=1S/C22H28N4O3/c1-2-3-5-8-17-11-18(12-19-20(17)22(28)24-21(19)27)29-26-15-16(13-23-26)14-25-9-6-4-7-10-25/h11-13,15H,2-10,14H2,1H3,(H,24,27,28). The molecule has 154 valence electrons. The van der Waals surface area contributed by atoms with E-state index >= 15 is 0 Å². The molecule has 1 aromatic heterocycles. The monoisotopic (exact) mass is 396 g/mol. The van der Waals surface area contributed by atoms with Crippen LogP contribution < -0.4 is 10.2 Å². The quantitative estimate of drug-likeness (QED) is 0.547. The maximum Gasteiger partial charge on any atom is 0.259 e. The number of aromatic nitrogens is 2. The van der Waals surface area contributed by atoms with E-state index in [1.54, 1.807) is 6.07 Å². The maximum atomic E-state index is 12.2. The molecule has 4 rings (SSSR count). The van der Waals surface area contributed by atoms with Crippen LogP contribution in [0.4, 0.5) is 0 Å². The smallest absolute Gasteiger partial charge is 0.259 e. The van der Waals surface area contributed by atoms with Gasteiger partial charge in [0.2, 0.25) is 0 Å². The summed E-state index contributed by atoms with van der Waals surface area (Å²) in [5, 5.41) is 6.70. The fourth-order valence-electron chi connectivity index (χ4n) is 4.12. The van der Waals surface area contributed by atoms with Crippen molar-refractivity contribution in [1.29, 1.82) is 0 Å². The Balaban J connectivity index is 1.51. The first-order chi connectivity index (χ1) is 14.1. The molecule has 2 amide bonds. The molecular weight excluding hydrogens is 368 g/mol. The van der Waals surface area contributed by atoms with E-state index < -0.39 is 0 Å². The second-order valence-electron chi connectivity index (χ2n) is 7.92. The van der Waals surface area contributed by atoms with Gasteiger partial charge in [0.15, 0.2) is 5.75 Å². The number of nitrogens with zero attached hydrogens (tertiary/aromatic N) is 3. The minimum absolute atomic E-state index is 0.314. The molecule has 3 heterocycles. The molecule has 1 saturated heterocycles. The first-order valence-corrected chi connectivity index (χ1v) is 10.6. The Morgan fingerprint density at radius 2 is 1.93 bits per heavy atom. The summed E-state index contributed by atoms with van der Waals surface area (Å²) in [6.07, 6.45) is 11.4. The average molecular weight is 396 g/mol. The predicted octanol–water partition coefficient (Wildman–Crippen LogP) is 3.33. The molecule has 0 bridgehead atoms. The Morgan fingerprint density at radius 3 is 2.72 bits per heavy atom. The Labute approximate surface area is 171 Å². The van der Waals surface area contributed by atoms with Crippen molar-refractivity contribution in [3.63, 3.8) is 0 Å².